The monoisotopic (exact) mass is 398 g/mol. The molecule has 10 nitrogen and oxygen atoms in total. The number of likely N-dealkylation sites (tertiary alicyclic amines) is 1. The van der Waals surface area contributed by atoms with Gasteiger partial charge in [-0.3, -0.25) is 33.4 Å². The molecule has 3 rings (SSSR count). The van der Waals surface area contributed by atoms with Crippen LogP contribution >= 0.6 is 0 Å². The molecule has 2 heterocycles. The van der Waals surface area contributed by atoms with Crippen molar-refractivity contribution in [2.45, 2.75) is 37.4 Å². The molecular formula is C16H18N2O8S. The summed E-state index contributed by atoms with van der Waals surface area (Å²) < 4.78 is 31.4. The Morgan fingerprint density at radius 1 is 1.04 bits per heavy atom. The molecule has 1 saturated carbocycles. The van der Waals surface area contributed by atoms with E-state index in [1.165, 1.54) is 12.2 Å². The summed E-state index contributed by atoms with van der Waals surface area (Å²) in [7, 11) is -4.75. The van der Waals surface area contributed by atoms with Crippen molar-refractivity contribution in [1.29, 1.82) is 0 Å². The van der Waals surface area contributed by atoms with Crippen molar-refractivity contribution < 1.29 is 36.9 Å². The summed E-state index contributed by atoms with van der Waals surface area (Å²) in [5.74, 6) is -4.27. The molecule has 1 unspecified atom stereocenters. The molecule has 1 atom stereocenters. The van der Waals surface area contributed by atoms with Crippen LogP contribution in [-0.2, 0) is 34.1 Å². The third kappa shape index (κ3) is 3.69. The van der Waals surface area contributed by atoms with E-state index in [0.717, 1.165) is 4.90 Å². The lowest BCUT2D eigenvalue weighted by molar-refractivity contribution is -0.152. The molecule has 0 bridgehead atoms. The first kappa shape index (κ1) is 19.4. The minimum atomic E-state index is -4.75. The van der Waals surface area contributed by atoms with Crippen LogP contribution in [0.25, 0.3) is 0 Å². The van der Waals surface area contributed by atoms with Gasteiger partial charge in [0.2, 0.25) is 11.8 Å². The second kappa shape index (κ2) is 6.97. The number of nitrogens with zero attached hydrogens (tertiary/aromatic N) is 2. The summed E-state index contributed by atoms with van der Waals surface area (Å²) in [6.07, 6.45) is 3.39. The first-order chi connectivity index (χ1) is 12.6. The van der Waals surface area contributed by atoms with Gasteiger partial charge in [0.15, 0.2) is 5.25 Å². The molecule has 0 aromatic carbocycles. The number of hydrogen-bond acceptors (Lipinski definition) is 7. The highest BCUT2D eigenvalue weighted by molar-refractivity contribution is 7.87. The van der Waals surface area contributed by atoms with Gasteiger partial charge >= 0.3 is 0 Å². The highest BCUT2D eigenvalue weighted by Crippen LogP contribution is 2.33. The van der Waals surface area contributed by atoms with E-state index in [0.29, 0.717) is 30.6 Å². The number of amides is 5. The Balaban J connectivity index is 1.59. The summed E-state index contributed by atoms with van der Waals surface area (Å²) >= 11 is 0. The summed E-state index contributed by atoms with van der Waals surface area (Å²) in [4.78, 5) is 61.2. The maximum atomic E-state index is 12.5. The Morgan fingerprint density at radius 3 is 2.07 bits per heavy atom. The van der Waals surface area contributed by atoms with Gasteiger partial charge < -0.3 is 0 Å². The molecule has 1 aliphatic carbocycles. The molecule has 2 fully saturated rings. The van der Waals surface area contributed by atoms with E-state index in [2.05, 4.69) is 0 Å². The normalized spacial score (nSPS) is 29.1. The first-order valence-corrected chi connectivity index (χ1v) is 10.0. The number of hydrogen-bond donors (Lipinski definition) is 1. The smallest absolute Gasteiger partial charge is 0.277 e. The maximum absolute atomic E-state index is 12.5. The Morgan fingerprint density at radius 2 is 1.59 bits per heavy atom. The lowest BCUT2D eigenvalue weighted by atomic mass is 9.81. The van der Waals surface area contributed by atoms with E-state index in [1.54, 1.807) is 0 Å². The van der Waals surface area contributed by atoms with Crippen LogP contribution in [0.3, 0.4) is 0 Å². The van der Waals surface area contributed by atoms with Gasteiger partial charge in [0.05, 0.1) is 6.42 Å². The Kier molecular flexibility index (Phi) is 5.00. The molecule has 27 heavy (non-hydrogen) atoms. The summed E-state index contributed by atoms with van der Waals surface area (Å²) in [6.45, 7) is 0.248. The zero-order valence-electron chi connectivity index (χ0n) is 14.2. The number of carbonyl (C=O) groups is 5. The van der Waals surface area contributed by atoms with Crippen LogP contribution < -0.4 is 0 Å². The molecule has 5 amide bonds. The van der Waals surface area contributed by atoms with E-state index in [1.807, 2.05) is 0 Å². The average molecular weight is 398 g/mol. The molecule has 146 valence electrons. The fourth-order valence-electron chi connectivity index (χ4n) is 3.71. The van der Waals surface area contributed by atoms with Crippen molar-refractivity contribution in [3.63, 3.8) is 0 Å². The van der Waals surface area contributed by atoms with Crippen molar-refractivity contribution in [1.82, 2.24) is 9.80 Å². The predicted octanol–water partition coefficient (Wildman–Crippen LogP) is -0.740. The number of carbonyl (C=O) groups excluding carboxylic acids is 5. The van der Waals surface area contributed by atoms with E-state index >= 15 is 0 Å². The van der Waals surface area contributed by atoms with Crippen molar-refractivity contribution >= 4 is 39.7 Å². The van der Waals surface area contributed by atoms with Crippen LogP contribution in [-0.4, -0.2) is 64.1 Å². The van der Waals surface area contributed by atoms with E-state index in [-0.39, 0.29) is 24.3 Å². The molecular weight excluding hydrogens is 380 g/mol. The third-order valence-corrected chi connectivity index (χ3v) is 6.31. The quantitative estimate of drug-likeness (QED) is 0.481. The molecule has 11 heteroatoms. The second-order valence-corrected chi connectivity index (χ2v) is 8.55. The van der Waals surface area contributed by atoms with Gasteiger partial charge in [-0.05, 0) is 31.6 Å². The minimum Gasteiger partial charge on any atom is -0.285 e. The van der Waals surface area contributed by atoms with Gasteiger partial charge in [0.25, 0.3) is 27.8 Å². The zero-order valence-corrected chi connectivity index (χ0v) is 15.1. The van der Waals surface area contributed by atoms with Crippen molar-refractivity contribution in [3.05, 3.63) is 12.2 Å². The van der Waals surface area contributed by atoms with Crippen LogP contribution in [0.1, 0.15) is 32.1 Å². The minimum absolute atomic E-state index is 0.0115. The average Bonchev–Trinajstić information content (AvgIpc) is 3.08. The summed E-state index contributed by atoms with van der Waals surface area (Å²) in [6, 6.07) is 0. The van der Waals surface area contributed by atoms with E-state index in [4.69, 9.17) is 4.55 Å². The topological polar surface area (TPSA) is 146 Å². The zero-order chi connectivity index (χ0) is 19.9. The van der Waals surface area contributed by atoms with Gasteiger partial charge in [-0.15, -0.1) is 0 Å². The van der Waals surface area contributed by atoms with Crippen LogP contribution in [0.5, 0.6) is 0 Å². The van der Waals surface area contributed by atoms with Gasteiger partial charge in [0, 0.05) is 24.6 Å². The fraction of sp³-hybridized carbons (Fsp3) is 0.562. The Labute approximate surface area is 154 Å². The van der Waals surface area contributed by atoms with Crippen LogP contribution in [0, 0.1) is 11.8 Å². The molecule has 0 aromatic rings. The number of imide groups is 4. The Bertz CT molecular complexity index is 836. The highest BCUT2D eigenvalue weighted by atomic mass is 32.2. The molecule has 0 spiro atoms. The lowest BCUT2D eigenvalue weighted by Crippen LogP contribution is -2.44. The second-order valence-electron chi connectivity index (χ2n) is 6.95. The van der Waals surface area contributed by atoms with Gasteiger partial charge in [-0.25, -0.2) is 4.90 Å². The first-order valence-electron chi connectivity index (χ1n) is 8.50. The van der Waals surface area contributed by atoms with Crippen molar-refractivity contribution in [3.8, 4) is 0 Å². The maximum Gasteiger partial charge on any atom is 0.277 e. The van der Waals surface area contributed by atoms with Crippen LogP contribution in [0.2, 0.25) is 0 Å². The molecule has 1 saturated heterocycles. The SMILES string of the molecule is O=C1C=CC(=O)N1CC1CCC(C(=O)N2C(=O)CC(S(=O)(=O)O)C2=O)CC1. The molecule has 3 aliphatic rings. The molecule has 0 aromatic heterocycles. The third-order valence-electron chi connectivity index (χ3n) is 5.22. The van der Waals surface area contributed by atoms with Crippen LogP contribution in [0.15, 0.2) is 12.2 Å². The van der Waals surface area contributed by atoms with E-state index < -0.39 is 45.4 Å². The summed E-state index contributed by atoms with van der Waals surface area (Å²) in [5, 5.41) is -1.93. The highest BCUT2D eigenvalue weighted by Gasteiger charge is 2.50. The lowest BCUT2D eigenvalue weighted by Gasteiger charge is -2.31. The van der Waals surface area contributed by atoms with Gasteiger partial charge in [0.1, 0.15) is 0 Å². The molecule has 2 aliphatic heterocycles. The Hall–Kier alpha value is -2.40. The van der Waals surface area contributed by atoms with Crippen molar-refractivity contribution in [2.75, 3.05) is 6.54 Å². The largest absolute Gasteiger partial charge is 0.285 e. The number of rotatable bonds is 4. The summed E-state index contributed by atoms with van der Waals surface area (Å²) in [5.41, 5.74) is 0. The predicted molar refractivity (Wildman–Crippen MR) is 88.1 cm³/mol. The standard InChI is InChI=1S/C16H18N2O8S/c19-12-5-6-13(20)17(12)8-9-1-3-10(4-2-9)15(22)18-14(21)7-11(16(18)23)27(24,25)26/h5-6,9-11H,1-4,7-8H2,(H,24,25,26). The molecule has 1 N–H and O–H groups in total. The van der Waals surface area contributed by atoms with E-state index in [9.17, 15) is 32.4 Å². The van der Waals surface area contributed by atoms with Crippen LogP contribution in [0.4, 0.5) is 0 Å². The fourth-order valence-corrected chi connectivity index (χ4v) is 4.43. The van der Waals surface area contributed by atoms with Gasteiger partial charge in [-0.2, -0.15) is 8.42 Å². The van der Waals surface area contributed by atoms with Crippen molar-refractivity contribution in [2.24, 2.45) is 11.8 Å². The van der Waals surface area contributed by atoms with Gasteiger partial charge in [-0.1, -0.05) is 0 Å². The molecule has 0 radical (unpaired) electrons.